The monoisotopic (exact) mass is 386 g/mol. The summed E-state index contributed by atoms with van der Waals surface area (Å²) in [4.78, 5) is 2.04. The first-order valence-electron chi connectivity index (χ1n) is 7.37. The summed E-state index contributed by atoms with van der Waals surface area (Å²) in [5, 5.41) is 0.649. The molecule has 0 amide bonds. The van der Waals surface area contributed by atoms with Gasteiger partial charge in [-0.1, -0.05) is 41.4 Å². The topological polar surface area (TPSA) is 58.6 Å². The van der Waals surface area contributed by atoms with E-state index in [2.05, 4.69) is 4.72 Å². The number of nitrogens with one attached hydrogen (secondary N) is 1. The Morgan fingerprint density at radius 2 is 1.62 bits per heavy atom. The van der Waals surface area contributed by atoms with E-state index in [1.807, 2.05) is 4.90 Å². The van der Waals surface area contributed by atoms with Gasteiger partial charge in [-0.05, 0) is 24.3 Å². The highest BCUT2D eigenvalue weighted by atomic mass is 35.5. The Labute approximate surface area is 151 Å². The highest BCUT2D eigenvalue weighted by Gasteiger charge is 2.23. The van der Waals surface area contributed by atoms with Gasteiger partial charge in [-0.3, -0.25) is 4.72 Å². The summed E-state index contributed by atoms with van der Waals surface area (Å²) in [6.07, 6.45) is 0. The van der Waals surface area contributed by atoms with Gasteiger partial charge >= 0.3 is 0 Å². The van der Waals surface area contributed by atoms with Crippen LogP contribution in [-0.2, 0) is 14.8 Å². The molecule has 8 heteroatoms. The van der Waals surface area contributed by atoms with Crippen molar-refractivity contribution in [2.75, 3.05) is 35.9 Å². The van der Waals surface area contributed by atoms with Crippen LogP contribution in [0.15, 0.2) is 47.4 Å². The van der Waals surface area contributed by atoms with Gasteiger partial charge in [-0.25, -0.2) is 8.42 Å². The molecule has 128 valence electrons. The number of benzene rings is 2. The van der Waals surface area contributed by atoms with Crippen molar-refractivity contribution < 1.29 is 13.2 Å². The van der Waals surface area contributed by atoms with E-state index in [1.165, 1.54) is 12.1 Å². The van der Waals surface area contributed by atoms with E-state index in [0.29, 0.717) is 42.7 Å². The summed E-state index contributed by atoms with van der Waals surface area (Å²) in [6.45, 7) is 2.43. The van der Waals surface area contributed by atoms with Crippen molar-refractivity contribution >= 4 is 44.6 Å². The summed E-state index contributed by atoms with van der Waals surface area (Å²) >= 11 is 12.3. The van der Waals surface area contributed by atoms with Crippen LogP contribution in [0, 0.1) is 0 Å². The maximum absolute atomic E-state index is 12.7. The number of sulfonamides is 1. The van der Waals surface area contributed by atoms with E-state index >= 15 is 0 Å². The number of hydrogen-bond donors (Lipinski definition) is 1. The van der Waals surface area contributed by atoms with Crippen molar-refractivity contribution in [1.29, 1.82) is 0 Å². The second kappa shape index (κ2) is 7.19. The fraction of sp³-hybridized carbons (Fsp3) is 0.250. The first-order chi connectivity index (χ1) is 11.5. The van der Waals surface area contributed by atoms with Gasteiger partial charge in [0.05, 0.1) is 34.6 Å². The van der Waals surface area contributed by atoms with Crippen molar-refractivity contribution in [3.8, 4) is 0 Å². The molecular formula is C16H16Cl2N2O3S. The Hall–Kier alpha value is -1.47. The van der Waals surface area contributed by atoms with Gasteiger partial charge in [-0.2, -0.15) is 0 Å². The van der Waals surface area contributed by atoms with Crippen molar-refractivity contribution in [3.05, 3.63) is 52.5 Å². The van der Waals surface area contributed by atoms with Crippen molar-refractivity contribution in [2.24, 2.45) is 0 Å². The molecule has 1 aliphatic heterocycles. The zero-order chi connectivity index (χ0) is 17.2. The van der Waals surface area contributed by atoms with Crippen LogP contribution in [0.5, 0.6) is 0 Å². The molecule has 0 bridgehead atoms. The summed E-state index contributed by atoms with van der Waals surface area (Å²) in [6, 6.07) is 11.4. The molecule has 1 N–H and O–H groups in total. The largest absolute Gasteiger partial charge is 0.378 e. The zero-order valence-electron chi connectivity index (χ0n) is 12.7. The Morgan fingerprint density at radius 3 is 2.33 bits per heavy atom. The molecule has 24 heavy (non-hydrogen) atoms. The third-order valence-corrected chi connectivity index (χ3v) is 5.85. The number of para-hydroxylation sites is 1. The second-order valence-electron chi connectivity index (χ2n) is 5.27. The van der Waals surface area contributed by atoms with Crippen LogP contribution in [0.2, 0.25) is 10.0 Å². The lowest BCUT2D eigenvalue weighted by Crippen LogP contribution is -2.37. The van der Waals surface area contributed by atoms with Crippen LogP contribution >= 0.6 is 23.2 Å². The predicted octanol–water partition coefficient (Wildman–Crippen LogP) is 3.63. The molecule has 1 heterocycles. The summed E-state index contributed by atoms with van der Waals surface area (Å²) in [5.41, 5.74) is 1.07. The molecule has 0 atom stereocenters. The number of morpholine rings is 1. The van der Waals surface area contributed by atoms with Crippen molar-refractivity contribution in [3.63, 3.8) is 0 Å². The van der Waals surface area contributed by atoms with E-state index in [-0.39, 0.29) is 9.92 Å². The Balaban J connectivity index is 1.98. The normalized spacial score (nSPS) is 15.3. The molecule has 0 aromatic heterocycles. The van der Waals surface area contributed by atoms with Crippen molar-refractivity contribution in [1.82, 2.24) is 0 Å². The number of rotatable bonds is 4. The molecule has 1 aliphatic rings. The molecule has 3 rings (SSSR count). The van der Waals surface area contributed by atoms with E-state index in [9.17, 15) is 8.42 Å². The lowest BCUT2D eigenvalue weighted by molar-refractivity contribution is 0.123. The molecule has 0 unspecified atom stereocenters. The van der Waals surface area contributed by atoms with E-state index in [0.717, 1.165) is 0 Å². The number of halogens is 2. The average molecular weight is 387 g/mol. The van der Waals surface area contributed by atoms with Gasteiger partial charge in [0.25, 0.3) is 10.0 Å². The van der Waals surface area contributed by atoms with Gasteiger partial charge < -0.3 is 9.64 Å². The minimum Gasteiger partial charge on any atom is -0.378 e. The van der Waals surface area contributed by atoms with E-state index in [4.69, 9.17) is 27.9 Å². The van der Waals surface area contributed by atoms with Crippen LogP contribution in [-0.4, -0.2) is 34.7 Å². The Morgan fingerprint density at radius 1 is 0.958 bits per heavy atom. The highest BCUT2D eigenvalue weighted by Crippen LogP contribution is 2.36. The Bertz CT molecular complexity index is 837. The predicted molar refractivity (Wildman–Crippen MR) is 96.7 cm³/mol. The fourth-order valence-electron chi connectivity index (χ4n) is 2.57. The van der Waals surface area contributed by atoms with Gasteiger partial charge in [0.2, 0.25) is 0 Å². The molecule has 5 nitrogen and oxygen atoms in total. The third kappa shape index (κ3) is 3.62. The van der Waals surface area contributed by atoms with Gasteiger partial charge in [0.1, 0.15) is 4.90 Å². The number of anilines is 2. The smallest absolute Gasteiger partial charge is 0.263 e. The number of hydrogen-bond acceptors (Lipinski definition) is 4. The SMILES string of the molecule is O=S(=O)(Nc1cccc(Cl)c1N1CCOCC1)c1ccccc1Cl. The van der Waals surface area contributed by atoms with Gasteiger partial charge in [0, 0.05) is 13.1 Å². The molecule has 2 aromatic rings. The lowest BCUT2D eigenvalue weighted by Gasteiger charge is -2.31. The maximum atomic E-state index is 12.7. The number of ether oxygens (including phenoxy) is 1. The van der Waals surface area contributed by atoms with E-state index in [1.54, 1.807) is 30.3 Å². The molecule has 1 saturated heterocycles. The van der Waals surface area contributed by atoms with E-state index < -0.39 is 10.0 Å². The molecule has 0 saturated carbocycles. The van der Waals surface area contributed by atoms with Crippen LogP contribution in [0.4, 0.5) is 11.4 Å². The van der Waals surface area contributed by atoms with Gasteiger partial charge in [0.15, 0.2) is 0 Å². The van der Waals surface area contributed by atoms with Crippen LogP contribution < -0.4 is 9.62 Å². The van der Waals surface area contributed by atoms with Gasteiger partial charge in [-0.15, -0.1) is 0 Å². The van der Waals surface area contributed by atoms with Crippen LogP contribution in [0.1, 0.15) is 0 Å². The highest BCUT2D eigenvalue weighted by molar-refractivity contribution is 7.92. The molecule has 0 spiro atoms. The molecule has 1 fully saturated rings. The molecule has 0 radical (unpaired) electrons. The zero-order valence-corrected chi connectivity index (χ0v) is 15.0. The average Bonchev–Trinajstić information content (AvgIpc) is 2.55. The minimum atomic E-state index is -3.82. The van der Waals surface area contributed by atoms with Crippen molar-refractivity contribution in [2.45, 2.75) is 4.90 Å². The van der Waals surface area contributed by atoms with Crippen LogP contribution in [0.25, 0.3) is 0 Å². The maximum Gasteiger partial charge on any atom is 0.263 e. The standard InChI is InChI=1S/C16H16Cl2N2O3S/c17-12-4-1-2-7-15(12)24(21,22)19-14-6-3-5-13(18)16(14)20-8-10-23-11-9-20/h1-7,19H,8-11H2. The van der Waals surface area contributed by atoms with Crippen LogP contribution in [0.3, 0.4) is 0 Å². The quantitative estimate of drug-likeness (QED) is 0.871. The third-order valence-electron chi connectivity index (χ3n) is 3.68. The molecular weight excluding hydrogens is 371 g/mol. The summed E-state index contributed by atoms with van der Waals surface area (Å²) < 4.78 is 33.3. The Kier molecular flexibility index (Phi) is 5.20. The summed E-state index contributed by atoms with van der Waals surface area (Å²) in [7, 11) is -3.82. The summed E-state index contributed by atoms with van der Waals surface area (Å²) in [5.74, 6) is 0. The second-order valence-corrected chi connectivity index (χ2v) is 7.74. The first kappa shape index (κ1) is 17.4. The minimum absolute atomic E-state index is 0.0274. The molecule has 2 aromatic carbocycles. The fourth-order valence-corrected chi connectivity index (χ4v) is 4.45. The number of nitrogens with zero attached hydrogens (tertiary/aromatic N) is 1. The molecule has 0 aliphatic carbocycles. The lowest BCUT2D eigenvalue weighted by atomic mass is 10.2. The first-order valence-corrected chi connectivity index (χ1v) is 9.61.